The number of rotatable bonds is 3. The van der Waals surface area contributed by atoms with E-state index in [1.165, 1.54) is 25.0 Å². The summed E-state index contributed by atoms with van der Waals surface area (Å²) in [6.45, 7) is 3.75. The maximum atomic E-state index is 13.1. The van der Waals surface area contributed by atoms with Crippen molar-refractivity contribution < 1.29 is 9.18 Å². The number of aryl methyl sites for hydroxylation is 1. The van der Waals surface area contributed by atoms with Crippen molar-refractivity contribution in [1.29, 1.82) is 0 Å². The second-order valence-electron chi connectivity index (χ2n) is 6.26. The first-order chi connectivity index (χ1) is 9.54. The summed E-state index contributed by atoms with van der Waals surface area (Å²) >= 11 is 0. The van der Waals surface area contributed by atoms with Crippen LogP contribution in [0.3, 0.4) is 0 Å². The molecule has 1 saturated heterocycles. The normalized spacial score (nSPS) is 25.5. The predicted molar refractivity (Wildman–Crippen MR) is 83.4 cm³/mol. The lowest BCUT2D eigenvalue weighted by Crippen LogP contribution is -2.41. The van der Waals surface area contributed by atoms with Crippen LogP contribution in [0.4, 0.5) is 4.39 Å². The quantitative estimate of drug-likeness (QED) is 0.930. The van der Waals surface area contributed by atoms with Crippen molar-refractivity contribution >= 4 is 18.3 Å². The summed E-state index contributed by atoms with van der Waals surface area (Å²) < 4.78 is 13.1. The molecule has 0 unspecified atom stereocenters. The van der Waals surface area contributed by atoms with Gasteiger partial charge in [-0.3, -0.25) is 4.79 Å². The van der Waals surface area contributed by atoms with Crippen LogP contribution in [0.1, 0.15) is 28.8 Å². The summed E-state index contributed by atoms with van der Waals surface area (Å²) in [5.41, 5.74) is 1.27. The number of carbonyl (C=O) groups excluding carboxylic acids is 1. The molecule has 2 atom stereocenters. The van der Waals surface area contributed by atoms with Crippen molar-refractivity contribution in [3.8, 4) is 0 Å². The zero-order valence-corrected chi connectivity index (χ0v) is 13.3. The molecule has 1 N–H and O–H groups in total. The van der Waals surface area contributed by atoms with Crippen LogP contribution in [0.2, 0.25) is 0 Å². The summed E-state index contributed by atoms with van der Waals surface area (Å²) in [5, 5.41) is 3.15. The van der Waals surface area contributed by atoms with Gasteiger partial charge in [-0.15, -0.1) is 12.4 Å². The van der Waals surface area contributed by atoms with Gasteiger partial charge in [-0.1, -0.05) is 0 Å². The fourth-order valence-corrected chi connectivity index (χ4v) is 3.32. The zero-order chi connectivity index (χ0) is 14.3. The van der Waals surface area contributed by atoms with E-state index in [1.807, 2.05) is 0 Å². The Morgan fingerprint density at radius 3 is 2.67 bits per heavy atom. The highest BCUT2D eigenvalue weighted by atomic mass is 35.5. The highest BCUT2D eigenvalue weighted by Crippen LogP contribution is 2.41. The van der Waals surface area contributed by atoms with Crippen LogP contribution < -0.4 is 5.32 Å². The van der Waals surface area contributed by atoms with Gasteiger partial charge in [0.05, 0.1) is 0 Å². The van der Waals surface area contributed by atoms with E-state index in [2.05, 4.69) is 17.3 Å². The Balaban J connectivity index is 0.00000161. The molecule has 0 radical (unpaired) electrons. The van der Waals surface area contributed by atoms with Gasteiger partial charge in [0.15, 0.2) is 0 Å². The Kier molecular flexibility index (Phi) is 4.89. The molecule has 0 bridgehead atoms. The van der Waals surface area contributed by atoms with Gasteiger partial charge < -0.3 is 10.2 Å². The number of carbonyl (C=O) groups is 1. The van der Waals surface area contributed by atoms with Gasteiger partial charge in [0.1, 0.15) is 5.82 Å². The second-order valence-corrected chi connectivity index (χ2v) is 6.26. The molecule has 1 aliphatic heterocycles. The molecule has 3 nitrogen and oxygen atoms in total. The smallest absolute Gasteiger partial charge is 0.251 e. The minimum Gasteiger partial charge on any atom is -0.348 e. The van der Waals surface area contributed by atoms with Gasteiger partial charge in [-0.25, -0.2) is 4.39 Å². The van der Waals surface area contributed by atoms with E-state index in [-0.39, 0.29) is 30.2 Å². The van der Waals surface area contributed by atoms with E-state index < -0.39 is 0 Å². The number of hydrogen-bond acceptors (Lipinski definition) is 2. The largest absolute Gasteiger partial charge is 0.348 e. The molecular weight excluding hydrogens is 291 g/mol. The van der Waals surface area contributed by atoms with Crippen molar-refractivity contribution in [3.05, 3.63) is 35.1 Å². The van der Waals surface area contributed by atoms with Crippen molar-refractivity contribution in [2.45, 2.75) is 25.8 Å². The Bertz CT molecular complexity index is 533. The van der Waals surface area contributed by atoms with E-state index in [4.69, 9.17) is 0 Å². The van der Waals surface area contributed by atoms with Gasteiger partial charge in [-0.2, -0.15) is 0 Å². The van der Waals surface area contributed by atoms with Crippen molar-refractivity contribution in [1.82, 2.24) is 10.2 Å². The molecule has 1 amide bonds. The fraction of sp³-hybridized carbons (Fsp3) is 0.562. The number of likely N-dealkylation sites (N-methyl/N-ethyl adjacent to an activating group) is 1. The zero-order valence-electron chi connectivity index (χ0n) is 12.4. The summed E-state index contributed by atoms with van der Waals surface area (Å²) in [6.07, 6.45) is 2.58. The maximum absolute atomic E-state index is 13.1. The summed E-state index contributed by atoms with van der Waals surface area (Å²) in [7, 11) is 2.10. The van der Waals surface area contributed by atoms with Gasteiger partial charge in [0.25, 0.3) is 5.91 Å². The van der Waals surface area contributed by atoms with Crippen molar-refractivity contribution in [2.24, 2.45) is 11.8 Å². The highest BCUT2D eigenvalue weighted by Gasteiger charge is 2.42. The lowest BCUT2D eigenvalue weighted by molar-refractivity contribution is 0.0927. The molecule has 2 fully saturated rings. The number of likely N-dealkylation sites (tertiary alicyclic amines) is 1. The van der Waals surface area contributed by atoms with Crippen LogP contribution in [0.5, 0.6) is 0 Å². The number of benzene rings is 1. The van der Waals surface area contributed by atoms with E-state index in [9.17, 15) is 9.18 Å². The first-order valence-electron chi connectivity index (χ1n) is 7.30. The number of nitrogens with zero attached hydrogens (tertiary/aromatic N) is 1. The molecular formula is C16H22ClFN2O. The third kappa shape index (κ3) is 3.55. The molecule has 116 valence electrons. The lowest BCUT2D eigenvalue weighted by Gasteiger charge is -2.20. The van der Waals surface area contributed by atoms with Crippen LogP contribution in [0.15, 0.2) is 18.2 Å². The Morgan fingerprint density at radius 1 is 1.33 bits per heavy atom. The summed E-state index contributed by atoms with van der Waals surface area (Å²) in [6, 6.07) is 4.56. The summed E-state index contributed by atoms with van der Waals surface area (Å²) in [5.74, 6) is 0.980. The molecule has 3 rings (SSSR count). The number of amides is 1. The molecule has 0 spiro atoms. The molecule has 5 heteroatoms. The average Bonchev–Trinajstić information content (AvgIpc) is 3.14. The topological polar surface area (TPSA) is 32.3 Å². The van der Waals surface area contributed by atoms with E-state index in [1.54, 1.807) is 13.0 Å². The predicted octanol–water partition coefficient (Wildman–Crippen LogP) is 2.63. The molecule has 2 aliphatic rings. The first kappa shape index (κ1) is 16.2. The fourth-order valence-electron chi connectivity index (χ4n) is 3.32. The van der Waals surface area contributed by atoms with E-state index in [0.29, 0.717) is 17.0 Å². The standard InChI is InChI=1S/C16H21FN2O.ClH/c1-10-7-12(17)5-6-13(10)16(20)18-15-9-19(2)8-14(15)11-3-4-11;/h5-7,11,14-15H,3-4,8-9H2,1-2H3,(H,18,20);1H/t14-,15+;/m1./s1. The number of halogens is 2. The molecule has 1 aromatic rings. The highest BCUT2D eigenvalue weighted by molar-refractivity contribution is 5.95. The molecule has 1 aromatic carbocycles. The van der Waals surface area contributed by atoms with Crippen LogP contribution in [0.25, 0.3) is 0 Å². The van der Waals surface area contributed by atoms with Crippen LogP contribution in [-0.4, -0.2) is 37.0 Å². The molecule has 0 aromatic heterocycles. The molecule has 21 heavy (non-hydrogen) atoms. The SMILES string of the molecule is Cc1cc(F)ccc1C(=O)N[C@H]1CN(C)C[C@@H]1C1CC1.Cl. The third-order valence-electron chi connectivity index (χ3n) is 4.52. The van der Waals surface area contributed by atoms with Crippen molar-refractivity contribution in [2.75, 3.05) is 20.1 Å². The number of nitrogens with one attached hydrogen (secondary N) is 1. The third-order valence-corrected chi connectivity index (χ3v) is 4.52. The monoisotopic (exact) mass is 312 g/mol. The number of hydrogen-bond donors (Lipinski definition) is 1. The molecule has 1 saturated carbocycles. The van der Waals surface area contributed by atoms with E-state index >= 15 is 0 Å². The molecule has 1 heterocycles. The Morgan fingerprint density at radius 2 is 2.05 bits per heavy atom. The average molecular weight is 313 g/mol. The minimum absolute atomic E-state index is 0. The van der Waals surface area contributed by atoms with Gasteiger partial charge in [0.2, 0.25) is 0 Å². The van der Waals surface area contributed by atoms with Gasteiger partial charge in [0, 0.05) is 24.7 Å². The second kappa shape index (κ2) is 6.32. The summed E-state index contributed by atoms with van der Waals surface area (Å²) in [4.78, 5) is 14.7. The first-order valence-corrected chi connectivity index (χ1v) is 7.30. The maximum Gasteiger partial charge on any atom is 0.251 e. The van der Waals surface area contributed by atoms with E-state index in [0.717, 1.165) is 19.0 Å². The van der Waals surface area contributed by atoms with Crippen molar-refractivity contribution in [3.63, 3.8) is 0 Å². The van der Waals surface area contributed by atoms with Crippen LogP contribution >= 0.6 is 12.4 Å². The van der Waals surface area contributed by atoms with Crippen LogP contribution in [-0.2, 0) is 0 Å². The lowest BCUT2D eigenvalue weighted by atomic mass is 9.97. The Hall–Kier alpha value is -1.13. The van der Waals surface area contributed by atoms with Gasteiger partial charge >= 0.3 is 0 Å². The van der Waals surface area contributed by atoms with Crippen LogP contribution in [0, 0.1) is 24.6 Å². The minimum atomic E-state index is -0.296. The Labute approximate surface area is 131 Å². The molecule has 1 aliphatic carbocycles. The van der Waals surface area contributed by atoms with Gasteiger partial charge in [-0.05, 0) is 62.4 Å².